The van der Waals surface area contributed by atoms with E-state index in [1.165, 1.54) is 28.4 Å². The van der Waals surface area contributed by atoms with Gasteiger partial charge in [-0.2, -0.15) is 0 Å². The van der Waals surface area contributed by atoms with E-state index in [1.807, 2.05) is 23.9 Å². The Balaban J connectivity index is 1.72. The Hall–Kier alpha value is -3.09. The van der Waals surface area contributed by atoms with E-state index in [0.717, 1.165) is 38.6 Å². The van der Waals surface area contributed by atoms with Gasteiger partial charge in [0.05, 0.1) is 20.0 Å². The molecule has 0 aliphatic carbocycles. The third-order valence-electron chi connectivity index (χ3n) is 6.14. The van der Waals surface area contributed by atoms with Gasteiger partial charge in [-0.3, -0.25) is 19.8 Å². The van der Waals surface area contributed by atoms with Crippen LogP contribution in [0, 0.1) is 10.1 Å². The number of carbonyl (C=O) groups is 1. The summed E-state index contributed by atoms with van der Waals surface area (Å²) in [4.78, 5) is 35.3. The summed E-state index contributed by atoms with van der Waals surface area (Å²) >= 11 is 1.22. The molecule has 0 bridgehead atoms. The Kier molecular flexibility index (Phi) is 7.57. The molecule has 4 rings (SSSR count). The Morgan fingerprint density at radius 2 is 1.83 bits per heavy atom. The van der Waals surface area contributed by atoms with Crippen molar-refractivity contribution in [2.45, 2.75) is 24.2 Å². The molecule has 1 aliphatic heterocycles. The summed E-state index contributed by atoms with van der Waals surface area (Å²) < 4.78 is 24.6. The molecule has 0 N–H and O–H groups in total. The van der Waals surface area contributed by atoms with Crippen LogP contribution in [0.1, 0.15) is 29.6 Å². The number of likely N-dealkylation sites (N-methyl/N-ethyl adjacent to an activating group) is 1. The maximum Gasteiger partial charge on any atom is 0.293 e. The molecular weight excluding hydrogens is 502 g/mol. The standard InChI is InChI=1S/C24H29N5O5S2/c1-26(2)13-14-28(24-25-19-9-8-18(36(3,33)34)16-22(19)35-24)23(30)17-7-10-20(21(15-17)29(31)32)27-11-5-4-6-12-27/h7-10,15-16H,4-6,11-14H2,1-3H3. The van der Waals surface area contributed by atoms with Crippen LogP contribution >= 0.6 is 11.3 Å². The summed E-state index contributed by atoms with van der Waals surface area (Å²) in [6.45, 7) is 2.37. The van der Waals surface area contributed by atoms with Crippen molar-refractivity contribution in [1.29, 1.82) is 0 Å². The summed E-state index contributed by atoms with van der Waals surface area (Å²) in [7, 11) is 0.384. The number of aromatic nitrogens is 1. The van der Waals surface area contributed by atoms with E-state index in [-0.39, 0.29) is 16.1 Å². The van der Waals surface area contributed by atoms with Gasteiger partial charge in [-0.05, 0) is 63.7 Å². The van der Waals surface area contributed by atoms with Crippen LogP contribution in [0.2, 0.25) is 0 Å². The summed E-state index contributed by atoms with van der Waals surface area (Å²) in [6, 6.07) is 9.33. The number of benzene rings is 2. The zero-order chi connectivity index (χ0) is 26.0. The van der Waals surface area contributed by atoms with Crippen LogP contribution in [0.5, 0.6) is 0 Å². The lowest BCUT2D eigenvalue weighted by molar-refractivity contribution is -0.384. The van der Waals surface area contributed by atoms with Crippen LogP contribution in [0.15, 0.2) is 41.3 Å². The predicted octanol–water partition coefficient (Wildman–Crippen LogP) is 3.81. The summed E-state index contributed by atoms with van der Waals surface area (Å²) in [6.07, 6.45) is 4.21. The van der Waals surface area contributed by atoms with Gasteiger partial charge in [0.25, 0.3) is 11.6 Å². The van der Waals surface area contributed by atoms with Crippen LogP contribution in [-0.4, -0.2) is 75.7 Å². The summed E-state index contributed by atoms with van der Waals surface area (Å²) in [5, 5.41) is 12.3. The first-order valence-corrected chi connectivity index (χ1v) is 14.4. The molecule has 1 aromatic heterocycles. The first-order chi connectivity index (χ1) is 17.0. The van der Waals surface area contributed by atoms with Crippen LogP contribution in [0.25, 0.3) is 10.2 Å². The SMILES string of the molecule is CN(C)CCN(C(=O)c1ccc(N2CCCCC2)c([N+](=O)[O-])c1)c1nc2ccc(S(C)(=O)=O)cc2s1. The van der Waals surface area contributed by atoms with Crippen LogP contribution in [0.3, 0.4) is 0 Å². The van der Waals surface area contributed by atoms with Crippen molar-refractivity contribution in [1.82, 2.24) is 9.88 Å². The quantitative estimate of drug-likeness (QED) is 0.318. The fraction of sp³-hybridized carbons (Fsp3) is 0.417. The van der Waals surface area contributed by atoms with Crippen molar-refractivity contribution < 1.29 is 18.1 Å². The monoisotopic (exact) mass is 531 g/mol. The van der Waals surface area contributed by atoms with Crippen molar-refractivity contribution in [3.8, 4) is 0 Å². The van der Waals surface area contributed by atoms with Gasteiger partial charge in [0.15, 0.2) is 15.0 Å². The average Bonchev–Trinajstić information content (AvgIpc) is 3.26. The van der Waals surface area contributed by atoms with Gasteiger partial charge >= 0.3 is 0 Å². The highest BCUT2D eigenvalue weighted by Gasteiger charge is 2.27. The van der Waals surface area contributed by atoms with Gasteiger partial charge in [-0.15, -0.1) is 0 Å². The fourth-order valence-electron chi connectivity index (χ4n) is 4.18. The first-order valence-electron chi connectivity index (χ1n) is 11.7. The molecule has 2 aromatic carbocycles. The highest BCUT2D eigenvalue weighted by atomic mass is 32.2. The molecule has 2 heterocycles. The molecular formula is C24H29N5O5S2. The second-order valence-electron chi connectivity index (χ2n) is 9.17. The lowest BCUT2D eigenvalue weighted by atomic mass is 10.1. The van der Waals surface area contributed by atoms with E-state index >= 15 is 0 Å². The number of nitrogens with zero attached hydrogens (tertiary/aromatic N) is 5. The van der Waals surface area contributed by atoms with Gasteiger partial charge in [0.2, 0.25) is 0 Å². The van der Waals surface area contributed by atoms with Crippen LogP contribution < -0.4 is 9.80 Å². The minimum atomic E-state index is -3.39. The number of sulfone groups is 1. The number of anilines is 2. The molecule has 1 saturated heterocycles. The second-order valence-corrected chi connectivity index (χ2v) is 12.2. The Morgan fingerprint density at radius 3 is 2.47 bits per heavy atom. The lowest BCUT2D eigenvalue weighted by Gasteiger charge is -2.28. The summed E-state index contributed by atoms with van der Waals surface area (Å²) in [5.41, 5.74) is 1.23. The number of thiazole rings is 1. The zero-order valence-corrected chi connectivity index (χ0v) is 22.1. The number of rotatable bonds is 8. The van der Waals surface area contributed by atoms with Crippen molar-refractivity contribution in [3.05, 3.63) is 52.1 Å². The van der Waals surface area contributed by atoms with E-state index in [1.54, 1.807) is 24.3 Å². The van der Waals surface area contributed by atoms with E-state index in [9.17, 15) is 23.3 Å². The van der Waals surface area contributed by atoms with E-state index < -0.39 is 20.7 Å². The molecule has 192 valence electrons. The van der Waals surface area contributed by atoms with Gasteiger partial charge in [0.1, 0.15) is 5.69 Å². The summed E-state index contributed by atoms with van der Waals surface area (Å²) in [5.74, 6) is -0.396. The number of fused-ring (bicyclic) bond motifs is 1. The number of piperidine rings is 1. The fourth-order valence-corrected chi connectivity index (χ4v) is 5.93. The maximum atomic E-state index is 13.7. The molecule has 0 saturated carbocycles. The highest BCUT2D eigenvalue weighted by molar-refractivity contribution is 7.90. The molecule has 12 heteroatoms. The predicted molar refractivity (Wildman–Crippen MR) is 142 cm³/mol. The van der Waals surface area contributed by atoms with Gasteiger partial charge in [-0.25, -0.2) is 13.4 Å². The molecule has 0 unspecified atom stereocenters. The molecule has 0 spiro atoms. The Bertz CT molecular complexity index is 1400. The minimum Gasteiger partial charge on any atom is -0.366 e. The van der Waals surface area contributed by atoms with E-state index in [0.29, 0.717) is 34.1 Å². The number of nitro groups is 1. The molecule has 10 nitrogen and oxygen atoms in total. The van der Waals surface area contributed by atoms with E-state index in [2.05, 4.69) is 4.98 Å². The molecule has 1 aliphatic rings. The van der Waals surface area contributed by atoms with Crippen molar-refractivity contribution in [2.24, 2.45) is 0 Å². The van der Waals surface area contributed by atoms with Crippen molar-refractivity contribution in [3.63, 3.8) is 0 Å². The average molecular weight is 532 g/mol. The molecule has 36 heavy (non-hydrogen) atoms. The lowest BCUT2D eigenvalue weighted by Crippen LogP contribution is -2.37. The van der Waals surface area contributed by atoms with Crippen molar-refractivity contribution >= 4 is 53.8 Å². The molecule has 1 amide bonds. The van der Waals surface area contributed by atoms with Crippen LogP contribution in [0.4, 0.5) is 16.5 Å². The van der Waals surface area contributed by atoms with Crippen LogP contribution in [-0.2, 0) is 9.84 Å². The topological polar surface area (TPSA) is 117 Å². The number of amides is 1. The molecule has 0 radical (unpaired) electrons. The van der Waals surface area contributed by atoms with Crippen molar-refractivity contribution in [2.75, 3.05) is 56.3 Å². The number of nitro benzene ring substituents is 1. The third kappa shape index (κ3) is 5.66. The van der Waals surface area contributed by atoms with Gasteiger partial charge < -0.3 is 9.80 Å². The van der Waals surface area contributed by atoms with Gasteiger partial charge in [0, 0.05) is 44.1 Å². The Labute approximate surface area is 214 Å². The third-order valence-corrected chi connectivity index (χ3v) is 8.29. The largest absolute Gasteiger partial charge is 0.366 e. The van der Waals surface area contributed by atoms with E-state index in [4.69, 9.17) is 0 Å². The zero-order valence-electron chi connectivity index (χ0n) is 20.5. The second kappa shape index (κ2) is 10.5. The number of hydrogen-bond donors (Lipinski definition) is 0. The first kappa shape index (κ1) is 26.0. The smallest absolute Gasteiger partial charge is 0.293 e. The molecule has 0 atom stereocenters. The minimum absolute atomic E-state index is 0.0857. The van der Waals surface area contributed by atoms with Gasteiger partial charge in [-0.1, -0.05) is 11.3 Å². The number of carbonyl (C=O) groups excluding carboxylic acids is 1. The highest BCUT2D eigenvalue weighted by Crippen LogP contribution is 2.34. The molecule has 1 fully saturated rings. The Morgan fingerprint density at radius 1 is 1.11 bits per heavy atom. The maximum absolute atomic E-state index is 13.7. The number of hydrogen-bond acceptors (Lipinski definition) is 9. The molecule has 3 aromatic rings. The normalized spacial score (nSPS) is 14.4.